The molecule has 0 bridgehead atoms. The number of carbonyl (C=O) groups is 1. The molecule has 10 nitrogen and oxygen atoms in total. The zero-order valence-corrected chi connectivity index (χ0v) is 20.4. The van der Waals surface area contributed by atoms with E-state index in [1.165, 1.54) is 13.1 Å². The minimum absolute atomic E-state index is 0.0669. The van der Waals surface area contributed by atoms with Crippen LogP contribution in [0.4, 0.5) is 18.0 Å². The summed E-state index contributed by atoms with van der Waals surface area (Å²) < 4.78 is 49.9. The first-order valence-electron chi connectivity index (χ1n) is 11.8. The SMILES string of the molecule is CN(N)/C(=N\N)NC(=O)N1CCC2(CC1)CC(c1ccc(OCc3ccc(C(F)(F)F)cn3)cc1)CO2. The molecule has 200 valence electrons. The number of nitrogens with one attached hydrogen (secondary N) is 1. The lowest BCUT2D eigenvalue weighted by Gasteiger charge is -2.38. The molecule has 4 rings (SSSR count). The third-order valence-electron chi connectivity index (χ3n) is 6.74. The van der Waals surface area contributed by atoms with E-state index in [1.54, 1.807) is 4.90 Å². The van der Waals surface area contributed by atoms with Gasteiger partial charge in [0.2, 0.25) is 5.96 Å². The van der Waals surface area contributed by atoms with Gasteiger partial charge in [-0.15, -0.1) is 5.10 Å². The number of pyridine rings is 1. The van der Waals surface area contributed by atoms with Crippen LogP contribution in [0.15, 0.2) is 47.7 Å². The lowest BCUT2D eigenvalue weighted by molar-refractivity contribution is -0.137. The van der Waals surface area contributed by atoms with Crippen molar-refractivity contribution in [2.45, 2.75) is 43.6 Å². The molecule has 5 N–H and O–H groups in total. The summed E-state index contributed by atoms with van der Waals surface area (Å²) in [6, 6.07) is 9.61. The first-order valence-corrected chi connectivity index (χ1v) is 11.8. The Morgan fingerprint density at radius 1 is 1.27 bits per heavy atom. The average Bonchev–Trinajstić information content (AvgIpc) is 3.29. The molecule has 2 aromatic rings. The van der Waals surface area contributed by atoms with Gasteiger partial charge in [0.1, 0.15) is 12.4 Å². The maximum Gasteiger partial charge on any atom is 0.417 e. The number of carbonyl (C=O) groups excluding carboxylic acids is 1. The molecule has 0 radical (unpaired) electrons. The number of piperidine rings is 1. The number of halogens is 3. The standard InChI is InChI=1S/C24H30F3N7O3/c1-33(29)21(32-28)31-22(35)34-10-8-23(9-11-34)12-17(14-37-23)16-2-6-20(7-3-16)36-15-19-5-4-18(13-30-19)24(25,26)27/h2-7,13,17H,8-12,14-15,28-29H2,1H3,(H,31,32,35). The Morgan fingerprint density at radius 2 is 1.97 bits per heavy atom. The van der Waals surface area contributed by atoms with E-state index in [-0.39, 0.29) is 30.1 Å². The van der Waals surface area contributed by atoms with Crippen molar-refractivity contribution < 1.29 is 27.4 Å². The zero-order valence-electron chi connectivity index (χ0n) is 20.4. The van der Waals surface area contributed by atoms with E-state index in [0.717, 1.165) is 29.3 Å². The Kier molecular flexibility index (Phi) is 7.73. The number of amides is 2. The van der Waals surface area contributed by atoms with Crippen LogP contribution in [-0.4, -0.2) is 59.2 Å². The van der Waals surface area contributed by atoms with Crippen LogP contribution in [0.1, 0.15) is 42.0 Å². The average molecular weight is 522 g/mol. The van der Waals surface area contributed by atoms with Crippen molar-refractivity contribution >= 4 is 12.0 Å². The van der Waals surface area contributed by atoms with Crippen molar-refractivity contribution in [2.75, 3.05) is 26.7 Å². The molecule has 13 heteroatoms. The normalized spacial score (nSPS) is 19.6. The highest BCUT2D eigenvalue weighted by atomic mass is 19.4. The third-order valence-corrected chi connectivity index (χ3v) is 6.74. The van der Waals surface area contributed by atoms with Gasteiger partial charge in [-0.3, -0.25) is 15.3 Å². The lowest BCUT2D eigenvalue weighted by Crippen LogP contribution is -2.54. The predicted molar refractivity (Wildman–Crippen MR) is 129 cm³/mol. The lowest BCUT2D eigenvalue weighted by atomic mass is 9.83. The molecule has 0 saturated carbocycles. The van der Waals surface area contributed by atoms with E-state index >= 15 is 0 Å². The van der Waals surface area contributed by atoms with Crippen molar-refractivity contribution in [2.24, 2.45) is 16.8 Å². The molecule has 1 aromatic heterocycles. The van der Waals surface area contributed by atoms with Crippen LogP contribution >= 0.6 is 0 Å². The molecule has 1 unspecified atom stereocenters. The van der Waals surface area contributed by atoms with Gasteiger partial charge in [0.15, 0.2) is 0 Å². The number of nitrogens with two attached hydrogens (primary N) is 2. The van der Waals surface area contributed by atoms with E-state index in [0.29, 0.717) is 44.0 Å². The summed E-state index contributed by atoms with van der Waals surface area (Å²) in [5.41, 5.74) is 0.456. The van der Waals surface area contributed by atoms with E-state index in [4.69, 9.17) is 21.2 Å². The van der Waals surface area contributed by atoms with E-state index in [2.05, 4.69) is 15.4 Å². The summed E-state index contributed by atoms with van der Waals surface area (Å²) in [5, 5.41) is 7.20. The fraction of sp³-hybridized carbons (Fsp3) is 0.458. The van der Waals surface area contributed by atoms with Crippen molar-refractivity contribution in [3.63, 3.8) is 0 Å². The number of hydrazone groups is 1. The Bertz CT molecular complexity index is 1100. The molecule has 2 amide bonds. The summed E-state index contributed by atoms with van der Waals surface area (Å²) in [6.07, 6.45) is -1.34. The van der Waals surface area contributed by atoms with Crippen molar-refractivity contribution in [3.8, 4) is 5.75 Å². The predicted octanol–water partition coefficient (Wildman–Crippen LogP) is 2.76. The monoisotopic (exact) mass is 521 g/mol. The van der Waals surface area contributed by atoms with Gasteiger partial charge in [-0.2, -0.15) is 13.2 Å². The van der Waals surface area contributed by atoms with Crippen molar-refractivity contribution in [1.82, 2.24) is 20.2 Å². The van der Waals surface area contributed by atoms with Gasteiger partial charge in [-0.25, -0.2) is 10.6 Å². The molecule has 1 spiro atoms. The second kappa shape index (κ2) is 10.8. The summed E-state index contributed by atoms with van der Waals surface area (Å²) >= 11 is 0. The summed E-state index contributed by atoms with van der Waals surface area (Å²) in [7, 11) is 1.53. The van der Waals surface area contributed by atoms with Crippen LogP contribution in [0.5, 0.6) is 5.75 Å². The Hall–Kier alpha value is -3.58. The van der Waals surface area contributed by atoms with E-state index < -0.39 is 11.7 Å². The van der Waals surface area contributed by atoms with Crippen LogP contribution in [0.2, 0.25) is 0 Å². The molecule has 2 aliphatic rings. The Morgan fingerprint density at radius 3 is 2.54 bits per heavy atom. The highest BCUT2D eigenvalue weighted by molar-refractivity contribution is 5.95. The number of likely N-dealkylation sites (tertiary alicyclic amines) is 1. The molecule has 3 heterocycles. The van der Waals surface area contributed by atoms with Gasteiger partial charge in [0.05, 0.1) is 23.5 Å². The molecule has 37 heavy (non-hydrogen) atoms. The van der Waals surface area contributed by atoms with E-state index in [1.807, 2.05) is 24.3 Å². The number of hydrogen-bond donors (Lipinski definition) is 3. The molecule has 1 aromatic carbocycles. The molecule has 2 aliphatic heterocycles. The quantitative estimate of drug-likeness (QED) is 0.244. The largest absolute Gasteiger partial charge is 0.487 e. The highest BCUT2D eigenvalue weighted by Gasteiger charge is 2.44. The van der Waals surface area contributed by atoms with Gasteiger partial charge in [-0.05, 0) is 49.1 Å². The van der Waals surface area contributed by atoms with Crippen LogP contribution in [0, 0.1) is 0 Å². The maximum atomic E-state index is 12.7. The smallest absolute Gasteiger partial charge is 0.417 e. The number of ether oxygens (including phenoxy) is 2. The molecular formula is C24H30F3N7O3. The maximum absolute atomic E-state index is 12.7. The minimum atomic E-state index is -4.41. The topological polar surface area (TPSA) is 131 Å². The van der Waals surface area contributed by atoms with Crippen molar-refractivity contribution in [1.29, 1.82) is 0 Å². The van der Waals surface area contributed by atoms with Gasteiger partial charge < -0.3 is 20.2 Å². The number of urea groups is 1. The number of hydrogen-bond acceptors (Lipinski definition) is 7. The minimum Gasteiger partial charge on any atom is -0.487 e. The number of alkyl halides is 3. The molecule has 2 saturated heterocycles. The number of benzene rings is 1. The molecular weight excluding hydrogens is 491 g/mol. The Labute approximate surface area is 212 Å². The number of aromatic nitrogens is 1. The number of hydrazine groups is 1. The summed E-state index contributed by atoms with van der Waals surface area (Å²) in [5.74, 6) is 11.7. The highest BCUT2D eigenvalue weighted by Crippen LogP contribution is 2.43. The molecule has 0 aliphatic carbocycles. The first kappa shape index (κ1) is 26.5. The Balaban J connectivity index is 1.26. The second-order valence-corrected chi connectivity index (χ2v) is 9.27. The van der Waals surface area contributed by atoms with Gasteiger partial charge in [-0.1, -0.05) is 12.1 Å². The van der Waals surface area contributed by atoms with Crippen LogP contribution in [-0.2, 0) is 17.5 Å². The van der Waals surface area contributed by atoms with Crippen molar-refractivity contribution in [3.05, 3.63) is 59.4 Å². The number of nitrogens with zero attached hydrogens (tertiary/aromatic N) is 4. The van der Waals surface area contributed by atoms with Crippen LogP contribution < -0.4 is 21.7 Å². The third kappa shape index (κ3) is 6.41. The van der Waals surface area contributed by atoms with Gasteiger partial charge in [0.25, 0.3) is 0 Å². The van der Waals surface area contributed by atoms with Gasteiger partial charge in [0, 0.05) is 32.3 Å². The fourth-order valence-electron chi connectivity index (χ4n) is 4.58. The zero-order chi connectivity index (χ0) is 26.6. The summed E-state index contributed by atoms with van der Waals surface area (Å²) in [4.78, 5) is 18.0. The molecule has 1 atom stereocenters. The van der Waals surface area contributed by atoms with Crippen LogP contribution in [0.25, 0.3) is 0 Å². The fourth-order valence-corrected chi connectivity index (χ4v) is 4.58. The van der Waals surface area contributed by atoms with E-state index in [9.17, 15) is 18.0 Å². The number of rotatable bonds is 4. The number of guanidine groups is 1. The second-order valence-electron chi connectivity index (χ2n) is 9.27. The van der Waals surface area contributed by atoms with Gasteiger partial charge >= 0.3 is 12.2 Å². The molecule has 2 fully saturated rings. The summed E-state index contributed by atoms with van der Waals surface area (Å²) in [6.45, 7) is 1.73. The van der Waals surface area contributed by atoms with Crippen LogP contribution in [0.3, 0.4) is 0 Å². The first-order chi connectivity index (χ1) is 17.6.